The van der Waals surface area contributed by atoms with Crippen LogP contribution in [0.4, 0.5) is 13.2 Å². The molecule has 0 bridgehead atoms. The Hall–Kier alpha value is -0.960. The van der Waals surface area contributed by atoms with Crippen molar-refractivity contribution in [2.75, 3.05) is 5.75 Å². The van der Waals surface area contributed by atoms with E-state index in [1.54, 1.807) is 12.1 Å². The Morgan fingerprint density at radius 3 is 2.78 bits per heavy atom. The van der Waals surface area contributed by atoms with Crippen LogP contribution in [0.2, 0.25) is 0 Å². The second kappa shape index (κ2) is 6.28. The number of aromatic nitrogens is 1. The highest BCUT2D eigenvalue weighted by Gasteiger charge is 2.42. The van der Waals surface area contributed by atoms with Gasteiger partial charge in [0.2, 0.25) is 0 Å². The van der Waals surface area contributed by atoms with Crippen LogP contribution in [0, 0.1) is 5.92 Å². The number of thioether (sulfide) groups is 1. The van der Waals surface area contributed by atoms with Crippen molar-refractivity contribution in [1.29, 1.82) is 0 Å². The first-order valence-corrected chi connectivity index (χ1v) is 6.41. The van der Waals surface area contributed by atoms with Gasteiger partial charge in [-0.2, -0.15) is 13.2 Å². The van der Waals surface area contributed by atoms with E-state index in [2.05, 4.69) is 26.1 Å². The molecule has 0 aliphatic heterocycles. The summed E-state index contributed by atoms with van der Waals surface area (Å²) in [6.45, 7) is 0. The van der Waals surface area contributed by atoms with E-state index < -0.39 is 23.7 Å². The van der Waals surface area contributed by atoms with Crippen molar-refractivity contribution in [3.05, 3.63) is 22.8 Å². The Bertz CT molecular complexity index is 441. The zero-order valence-corrected chi connectivity index (χ0v) is 11.3. The minimum atomic E-state index is -4.56. The van der Waals surface area contributed by atoms with Crippen molar-refractivity contribution < 1.29 is 18.4 Å². The fourth-order valence-electron chi connectivity index (χ4n) is 1.06. The van der Waals surface area contributed by atoms with Crippen LogP contribution in [0.25, 0.3) is 0 Å². The smallest absolute Gasteiger partial charge is 0.399 e. The van der Waals surface area contributed by atoms with Crippen molar-refractivity contribution in [2.45, 2.75) is 11.2 Å². The van der Waals surface area contributed by atoms with Gasteiger partial charge in [0, 0.05) is 16.4 Å². The zero-order chi connectivity index (χ0) is 13.8. The predicted octanol–water partition coefficient (Wildman–Crippen LogP) is 2.86. The lowest BCUT2D eigenvalue weighted by atomic mass is 10.1. The summed E-state index contributed by atoms with van der Waals surface area (Å²) in [6.07, 6.45) is -3.09. The van der Waals surface area contributed by atoms with Crippen LogP contribution in [0.3, 0.4) is 0 Å². The first kappa shape index (κ1) is 15.1. The average Bonchev–Trinajstić information content (AvgIpc) is 2.29. The van der Waals surface area contributed by atoms with E-state index in [0.717, 1.165) is 11.8 Å². The Morgan fingerprint density at radius 1 is 1.61 bits per heavy atom. The van der Waals surface area contributed by atoms with Crippen LogP contribution < -0.4 is 5.73 Å². The highest BCUT2D eigenvalue weighted by molar-refractivity contribution is 9.10. The van der Waals surface area contributed by atoms with E-state index in [9.17, 15) is 13.2 Å². The summed E-state index contributed by atoms with van der Waals surface area (Å²) in [4.78, 5) is 3.92. The molecule has 0 amide bonds. The van der Waals surface area contributed by atoms with Crippen molar-refractivity contribution in [1.82, 2.24) is 4.98 Å². The molecule has 0 spiro atoms. The van der Waals surface area contributed by atoms with Crippen molar-refractivity contribution in [3.63, 3.8) is 0 Å². The third-order valence-electron chi connectivity index (χ3n) is 1.98. The number of amidine groups is 1. The van der Waals surface area contributed by atoms with Crippen molar-refractivity contribution in [3.8, 4) is 0 Å². The van der Waals surface area contributed by atoms with Gasteiger partial charge in [-0.05, 0) is 28.1 Å². The molecule has 0 saturated carbocycles. The van der Waals surface area contributed by atoms with Gasteiger partial charge in [-0.15, -0.1) is 11.8 Å². The van der Waals surface area contributed by atoms with E-state index in [4.69, 9.17) is 10.9 Å². The molecule has 1 atom stereocenters. The van der Waals surface area contributed by atoms with Crippen molar-refractivity contribution >= 4 is 33.5 Å². The molecule has 1 heterocycles. The number of hydrogen-bond acceptors (Lipinski definition) is 4. The lowest BCUT2D eigenvalue weighted by molar-refractivity contribution is -0.150. The number of nitrogens with zero attached hydrogens (tertiary/aromatic N) is 2. The second-order valence-corrected chi connectivity index (χ2v) is 5.08. The molecular formula is C9H9BrF3N3OS. The summed E-state index contributed by atoms with van der Waals surface area (Å²) >= 11 is 4.05. The maximum absolute atomic E-state index is 12.6. The second-order valence-electron chi connectivity index (χ2n) is 3.22. The maximum Gasteiger partial charge on any atom is 0.399 e. The Balaban J connectivity index is 2.78. The van der Waals surface area contributed by atoms with Gasteiger partial charge in [-0.3, -0.25) is 0 Å². The highest BCUT2D eigenvalue weighted by atomic mass is 79.9. The van der Waals surface area contributed by atoms with E-state index in [0.29, 0.717) is 9.50 Å². The monoisotopic (exact) mass is 343 g/mol. The van der Waals surface area contributed by atoms with Crippen molar-refractivity contribution in [2.24, 2.45) is 16.8 Å². The minimum Gasteiger partial charge on any atom is -0.409 e. The largest absolute Gasteiger partial charge is 0.409 e. The van der Waals surface area contributed by atoms with Gasteiger partial charge in [0.1, 0.15) is 10.9 Å². The Labute approximate surface area is 114 Å². The molecule has 0 aliphatic rings. The molecule has 100 valence electrons. The van der Waals surface area contributed by atoms with E-state index in [1.165, 1.54) is 6.20 Å². The molecule has 1 rings (SSSR count). The molecule has 0 fully saturated rings. The Morgan fingerprint density at radius 2 is 2.28 bits per heavy atom. The van der Waals surface area contributed by atoms with Gasteiger partial charge in [0.05, 0.1) is 0 Å². The van der Waals surface area contributed by atoms with E-state index in [-0.39, 0.29) is 0 Å². The molecule has 1 aromatic rings. The van der Waals surface area contributed by atoms with E-state index >= 15 is 0 Å². The SMILES string of the molecule is N/C(=N/O)C(CSc1ncccc1Br)C(F)(F)F. The molecule has 1 unspecified atom stereocenters. The summed E-state index contributed by atoms with van der Waals surface area (Å²) in [5, 5.41) is 11.2. The molecule has 0 aliphatic carbocycles. The third-order valence-corrected chi connectivity index (χ3v) is 3.98. The lowest BCUT2D eigenvalue weighted by Gasteiger charge is -2.18. The summed E-state index contributed by atoms with van der Waals surface area (Å²) in [6, 6.07) is 3.32. The normalized spacial score (nSPS) is 14.6. The first-order chi connectivity index (χ1) is 8.36. The number of rotatable bonds is 4. The molecular weight excluding hydrogens is 335 g/mol. The van der Waals surface area contributed by atoms with Crippen LogP contribution >= 0.6 is 27.7 Å². The van der Waals surface area contributed by atoms with Gasteiger partial charge in [0.15, 0.2) is 5.84 Å². The number of pyridine rings is 1. The van der Waals surface area contributed by atoms with Crippen LogP contribution in [0.5, 0.6) is 0 Å². The van der Waals surface area contributed by atoms with Crippen LogP contribution in [0.1, 0.15) is 0 Å². The minimum absolute atomic E-state index is 0.408. The number of oxime groups is 1. The topological polar surface area (TPSA) is 71.5 Å². The molecule has 0 saturated heterocycles. The van der Waals surface area contributed by atoms with Gasteiger partial charge in [-0.25, -0.2) is 4.98 Å². The molecule has 0 radical (unpaired) electrons. The summed E-state index contributed by atoms with van der Waals surface area (Å²) < 4.78 is 38.5. The van der Waals surface area contributed by atoms with Crippen LogP contribution in [-0.2, 0) is 0 Å². The molecule has 3 N–H and O–H groups in total. The quantitative estimate of drug-likeness (QED) is 0.290. The summed E-state index contributed by atoms with van der Waals surface area (Å²) in [5.74, 6) is -3.28. The molecule has 9 heteroatoms. The predicted molar refractivity (Wildman–Crippen MR) is 65.6 cm³/mol. The zero-order valence-electron chi connectivity index (χ0n) is 8.86. The van der Waals surface area contributed by atoms with Gasteiger partial charge >= 0.3 is 6.18 Å². The van der Waals surface area contributed by atoms with Gasteiger partial charge in [-0.1, -0.05) is 5.16 Å². The number of halogens is 4. The van der Waals surface area contributed by atoms with Crippen LogP contribution in [-0.4, -0.2) is 28.0 Å². The Kier molecular flexibility index (Phi) is 5.27. The maximum atomic E-state index is 12.6. The lowest BCUT2D eigenvalue weighted by Crippen LogP contribution is -2.37. The average molecular weight is 344 g/mol. The fourth-order valence-corrected chi connectivity index (χ4v) is 2.68. The molecule has 0 aromatic carbocycles. The van der Waals surface area contributed by atoms with E-state index in [1.807, 2.05) is 0 Å². The summed E-state index contributed by atoms with van der Waals surface area (Å²) in [5.41, 5.74) is 5.04. The molecule has 1 aromatic heterocycles. The van der Waals surface area contributed by atoms with Gasteiger partial charge in [0.25, 0.3) is 0 Å². The first-order valence-electron chi connectivity index (χ1n) is 4.63. The number of hydrogen-bond donors (Lipinski definition) is 2. The standard InChI is InChI=1S/C9H9BrF3N3OS/c10-6-2-1-3-15-8(6)18-4-5(7(14)16-17)9(11,12)13/h1-3,5,17H,4H2,(H2,14,16). The summed E-state index contributed by atoms with van der Waals surface area (Å²) in [7, 11) is 0. The highest BCUT2D eigenvalue weighted by Crippen LogP contribution is 2.33. The molecule has 18 heavy (non-hydrogen) atoms. The fraction of sp³-hybridized carbons (Fsp3) is 0.333. The molecule has 4 nitrogen and oxygen atoms in total. The van der Waals surface area contributed by atoms with Crippen LogP contribution in [0.15, 0.2) is 33.0 Å². The number of alkyl halides is 3. The third kappa shape index (κ3) is 4.05. The van der Waals surface area contributed by atoms with Gasteiger partial charge < -0.3 is 10.9 Å². The number of nitrogens with two attached hydrogens (primary N) is 1.